The lowest BCUT2D eigenvalue weighted by molar-refractivity contribution is 0.102. The molecule has 0 fully saturated rings. The SMILES string of the molecule is O=C(Nc1ccc2c(c1)OCCO2)c1cnn2cccnc12. The highest BCUT2D eigenvalue weighted by atomic mass is 16.6. The van der Waals surface area contributed by atoms with Crippen molar-refractivity contribution in [2.45, 2.75) is 0 Å². The number of amides is 1. The monoisotopic (exact) mass is 296 g/mol. The molecule has 3 aromatic rings. The first-order chi connectivity index (χ1) is 10.8. The lowest BCUT2D eigenvalue weighted by atomic mass is 10.2. The number of rotatable bonds is 2. The van der Waals surface area contributed by atoms with Gasteiger partial charge in [-0.25, -0.2) is 9.50 Å². The number of carbonyl (C=O) groups is 1. The normalized spacial score (nSPS) is 13.1. The van der Waals surface area contributed by atoms with Gasteiger partial charge in [0.1, 0.15) is 18.8 Å². The van der Waals surface area contributed by atoms with Gasteiger partial charge in [0.05, 0.1) is 6.20 Å². The number of nitrogens with zero attached hydrogens (tertiary/aromatic N) is 3. The lowest BCUT2D eigenvalue weighted by Gasteiger charge is -2.18. The van der Waals surface area contributed by atoms with Crippen molar-refractivity contribution >= 4 is 17.2 Å². The number of benzene rings is 1. The highest BCUT2D eigenvalue weighted by molar-refractivity contribution is 6.08. The maximum absolute atomic E-state index is 12.4. The predicted octanol–water partition coefficient (Wildman–Crippen LogP) is 1.75. The van der Waals surface area contributed by atoms with Crippen molar-refractivity contribution in [3.63, 3.8) is 0 Å². The summed E-state index contributed by atoms with van der Waals surface area (Å²) in [6, 6.07) is 7.04. The molecule has 1 aromatic carbocycles. The van der Waals surface area contributed by atoms with Crippen molar-refractivity contribution in [3.8, 4) is 11.5 Å². The molecule has 0 saturated carbocycles. The Morgan fingerprint density at radius 2 is 2.09 bits per heavy atom. The molecule has 7 nitrogen and oxygen atoms in total. The molecule has 3 heterocycles. The first-order valence-electron chi connectivity index (χ1n) is 6.80. The molecular formula is C15H12N4O3. The zero-order chi connectivity index (χ0) is 14.9. The van der Waals surface area contributed by atoms with Gasteiger partial charge in [-0.2, -0.15) is 5.10 Å². The van der Waals surface area contributed by atoms with Gasteiger partial charge >= 0.3 is 0 Å². The van der Waals surface area contributed by atoms with E-state index in [9.17, 15) is 4.79 Å². The largest absolute Gasteiger partial charge is 0.486 e. The van der Waals surface area contributed by atoms with Gasteiger partial charge in [-0.3, -0.25) is 4.79 Å². The number of hydrogen-bond donors (Lipinski definition) is 1. The van der Waals surface area contributed by atoms with E-state index in [1.54, 1.807) is 41.2 Å². The third kappa shape index (κ3) is 2.12. The van der Waals surface area contributed by atoms with Gasteiger partial charge in [0, 0.05) is 24.1 Å². The fourth-order valence-corrected chi connectivity index (χ4v) is 2.31. The Bertz CT molecular complexity index is 859. The molecule has 7 heteroatoms. The number of ether oxygens (including phenoxy) is 2. The average molecular weight is 296 g/mol. The second-order valence-electron chi connectivity index (χ2n) is 4.76. The molecule has 1 aliphatic heterocycles. The van der Waals surface area contributed by atoms with Crippen LogP contribution in [0.15, 0.2) is 42.9 Å². The third-order valence-electron chi connectivity index (χ3n) is 3.32. The summed E-state index contributed by atoms with van der Waals surface area (Å²) in [6.07, 6.45) is 4.86. The number of fused-ring (bicyclic) bond motifs is 2. The van der Waals surface area contributed by atoms with Crippen molar-refractivity contribution in [3.05, 3.63) is 48.4 Å². The topological polar surface area (TPSA) is 77.8 Å². The van der Waals surface area contributed by atoms with Crippen molar-refractivity contribution in [1.82, 2.24) is 14.6 Å². The molecule has 2 aromatic heterocycles. The summed E-state index contributed by atoms with van der Waals surface area (Å²) >= 11 is 0. The van der Waals surface area contributed by atoms with Crippen LogP contribution in [0.3, 0.4) is 0 Å². The molecule has 1 N–H and O–H groups in total. The van der Waals surface area contributed by atoms with Gasteiger partial charge in [0.2, 0.25) is 0 Å². The Balaban J connectivity index is 1.62. The molecule has 0 unspecified atom stereocenters. The smallest absolute Gasteiger partial charge is 0.261 e. The highest BCUT2D eigenvalue weighted by Gasteiger charge is 2.16. The molecule has 1 amide bonds. The van der Waals surface area contributed by atoms with Gasteiger partial charge in [-0.1, -0.05) is 0 Å². The molecule has 0 bridgehead atoms. The Kier molecular flexibility index (Phi) is 2.89. The van der Waals surface area contributed by atoms with Gasteiger partial charge in [0.25, 0.3) is 5.91 Å². The van der Waals surface area contributed by atoms with Crippen LogP contribution in [0.2, 0.25) is 0 Å². The number of hydrogen-bond acceptors (Lipinski definition) is 5. The summed E-state index contributed by atoms with van der Waals surface area (Å²) in [7, 11) is 0. The summed E-state index contributed by atoms with van der Waals surface area (Å²) < 4.78 is 12.5. The van der Waals surface area contributed by atoms with E-state index in [2.05, 4.69) is 15.4 Å². The first-order valence-corrected chi connectivity index (χ1v) is 6.80. The van der Waals surface area contributed by atoms with E-state index in [0.717, 1.165) is 0 Å². The van der Waals surface area contributed by atoms with E-state index >= 15 is 0 Å². The van der Waals surface area contributed by atoms with E-state index in [1.807, 2.05) is 0 Å². The fourth-order valence-electron chi connectivity index (χ4n) is 2.31. The number of nitrogens with one attached hydrogen (secondary N) is 1. The molecule has 22 heavy (non-hydrogen) atoms. The Morgan fingerprint density at radius 1 is 1.23 bits per heavy atom. The molecular weight excluding hydrogens is 284 g/mol. The quantitative estimate of drug-likeness (QED) is 0.779. The molecule has 4 rings (SSSR count). The van der Waals surface area contributed by atoms with E-state index in [4.69, 9.17) is 9.47 Å². The molecule has 0 radical (unpaired) electrons. The summed E-state index contributed by atoms with van der Waals surface area (Å²) in [5.74, 6) is 1.04. The molecule has 0 spiro atoms. The third-order valence-corrected chi connectivity index (χ3v) is 3.32. The molecule has 0 saturated heterocycles. The van der Waals surface area contributed by atoms with Crippen LogP contribution in [0.1, 0.15) is 10.4 Å². The fraction of sp³-hybridized carbons (Fsp3) is 0.133. The minimum absolute atomic E-state index is 0.273. The summed E-state index contributed by atoms with van der Waals surface area (Å²) in [5, 5.41) is 6.92. The molecule has 110 valence electrons. The van der Waals surface area contributed by atoms with Crippen molar-refractivity contribution < 1.29 is 14.3 Å². The second kappa shape index (κ2) is 5.03. The van der Waals surface area contributed by atoms with Crippen LogP contribution in [0.4, 0.5) is 5.69 Å². The van der Waals surface area contributed by atoms with E-state index in [1.165, 1.54) is 6.20 Å². The maximum atomic E-state index is 12.4. The van der Waals surface area contributed by atoms with E-state index in [-0.39, 0.29) is 5.91 Å². The van der Waals surface area contributed by atoms with Crippen molar-refractivity contribution in [2.24, 2.45) is 0 Å². The number of aromatic nitrogens is 3. The maximum Gasteiger partial charge on any atom is 0.261 e. The van der Waals surface area contributed by atoms with Crippen LogP contribution in [0, 0.1) is 0 Å². The summed E-state index contributed by atoms with van der Waals surface area (Å²) in [4.78, 5) is 16.5. The first kappa shape index (κ1) is 12.6. The number of carbonyl (C=O) groups excluding carboxylic acids is 1. The lowest BCUT2D eigenvalue weighted by Crippen LogP contribution is -2.16. The highest BCUT2D eigenvalue weighted by Crippen LogP contribution is 2.32. The Morgan fingerprint density at radius 3 is 3.00 bits per heavy atom. The summed E-state index contributed by atoms with van der Waals surface area (Å²) in [6.45, 7) is 1.04. The van der Waals surface area contributed by atoms with E-state index < -0.39 is 0 Å². The van der Waals surface area contributed by atoms with Gasteiger partial charge < -0.3 is 14.8 Å². The van der Waals surface area contributed by atoms with Crippen LogP contribution < -0.4 is 14.8 Å². The van der Waals surface area contributed by atoms with Crippen molar-refractivity contribution in [2.75, 3.05) is 18.5 Å². The summed E-state index contributed by atoms with van der Waals surface area (Å²) in [5.41, 5.74) is 1.55. The minimum atomic E-state index is -0.273. The van der Waals surface area contributed by atoms with Crippen LogP contribution in [-0.2, 0) is 0 Å². The van der Waals surface area contributed by atoms with Crippen molar-refractivity contribution in [1.29, 1.82) is 0 Å². The predicted molar refractivity (Wildman–Crippen MR) is 78.4 cm³/mol. The average Bonchev–Trinajstić information content (AvgIpc) is 2.99. The van der Waals surface area contributed by atoms with E-state index in [0.29, 0.717) is 41.6 Å². The van der Waals surface area contributed by atoms with Crippen LogP contribution >= 0.6 is 0 Å². The molecule has 0 aliphatic carbocycles. The molecule has 1 aliphatic rings. The van der Waals surface area contributed by atoms with Crippen LogP contribution in [-0.4, -0.2) is 33.7 Å². The molecule has 0 atom stereocenters. The Hall–Kier alpha value is -3.09. The zero-order valence-electron chi connectivity index (χ0n) is 11.5. The van der Waals surface area contributed by atoms with Gasteiger partial charge in [-0.05, 0) is 18.2 Å². The van der Waals surface area contributed by atoms with Gasteiger partial charge in [0.15, 0.2) is 17.1 Å². The van der Waals surface area contributed by atoms with Gasteiger partial charge in [-0.15, -0.1) is 0 Å². The van der Waals surface area contributed by atoms with Crippen LogP contribution in [0.25, 0.3) is 5.65 Å². The minimum Gasteiger partial charge on any atom is -0.486 e. The zero-order valence-corrected chi connectivity index (χ0v) is 11.5. The van der Waals surface area contributed by atoms with Crippen LogP contribution in [0.5, 0.6) is 11.5 Å². The Labute approximate surface area is 125 Å². The standard InChI is InChI=1S/C15H12N4O3/c20-15(11-9-17-19-5-1-4-16-14(11)19)18-10-2-3-12-13(8-10)22-7-6-21-12/h1-5,8-9H,6-7H2,(H,18,20). The second-order valence-corrected chi connectivity index (χ2v) is 4.76. The number of anilines is 1.